The third kappa shape index (κ3) is 7.30. The van der Waals surface area contributed by atoms with Crippen LogP contribution in [0.1, 0.15) is 34.1 Å². The fraction of sp³-hybridized carbons (Fsp3) is 0.588. The summed E-state index contributed by atoms with van der Waals surface area (Å²) in [6, 6.07) is 4.59. The van der Waals surface area contributed by atoms with Crippen LogP contribution in [-0.2, 0) is 14.6 Å². The lowest BCUT2D eigenvalue weighted by molar-refractivity contribution is -0.125. The van der Waals surface area contributed by atoms with E-state index in [1.54, 1.807) is 6.92 Å². The molecule has 2 unspecified atom stereocenters. The molecule has 1 amide bonds. The molecule has 0 heterocycles. The van der Waals surface area contributed by atoms with Crippen molar-refractivity contribution in [2.75, 3.05) is 12.3 Å². The summed E-state index contributed by atoms with van der Waals surface area (Å²) in [5, 5.41) is 2.87. The zero-order chi connectivity index (χ0) is 18.5. The summed E-state index contributed by atoms with van der Waals surface area (Å²) in [6.45, 7) is 7.74. The molecule has 1 rings (SSSR count). The molecule has 25 heavy (non-hydrogen) atoms. The van der Waals surface area contributed by atoms with E-state index in [0.29, 0.717) is 12.3 Å². The second-order valence-electron chi connectivity index (χ2n) is 6.99. The minimum atomic E-state index is -3.67. The molecular weight excluding hydrogens is 367 g/mol. The van der Waals surface area contributed by atoms with Gasteiger partial charge in [0, 0.05) is 18.0 Å². The minimum Gasteiger partial charge on any atom is -0.349 e. The van der Waals surface area contributed by atoms with Crippen molar-refractivity contribution >= 4 is 28.2 Å². The van der Waals surface area contributed by atoms with E-state index >= 15 is 0 Å². The molecule has 0 aliphatic rings. The Morgan fingerprint density at radius 3 is 2.20 bits per heavy atom. The van der Waals surface area contributed by atoms with Crippen molar-refractivity contribution in [3.63, 3.8) is 0 Å². The van der Waals surface area contributed by atoms with Crippen LogP contribution in [0.4, 0.5) is 4.39 Å². The lowest BCUT2D eigenvalue weighted by Gasteiger charge is -2.32. The van der Waals surface area contributed by atoms with Gasteiger partial charge in [-0.1, -0.05) is 20.8 Å². The molecule has 0 spiro atoms. The van der Waals surface area contributed by atoms with E-state index in [4.69, 9.17) is 5.73 Å². The Bertz CT molecular complexity index is 665. The van der Waals surface area contributed by atoms with Crippen LogP contribution in [0.5, 0.6) is 0 Å². The highest BCUT2D eigenvalue weighted by atomic mass is 35.5. The predicted octanol–water partition coefficient (Wildman–Crippen LogP) is 2.54. The molecule has 1 aromatic carbocycles. The molecule has 0 fully saturated rings. The average Bonchev–Trinajstić information content (AvgIpc) is 2.46. The zero-order valence-corrected chi connectivity index (χ0v) is 16.7. The summed E-state index contributed by atoms with van der Waals surface area (Å²) < 4.78 is 37.6. The maximum atomic E-state index is 12.9. The van der Waals surface area contributed by atoms with Gasteiger partial charge in [0.25, 0.3) is 0 Å². The van der Waals surface area contributed by atoms with Crippen LogP contribution in [0.25, 0.3) is 0 Å². The molecule has 8 heteroatoms. The number of nitrogens with one attached hydrogen (secondary N) is 1. The van der Waals surface area contributed by atoms with Crippen LogP contribution < -0.4 is 11.1 Å². The van der Waals surface area contributed by atoms with Crippen molar-refractivity contribution in [1.82, 2.24) is 5.32 Å². The molecule has 5 nitrogen and oxygen atoms in total. The fourth-order valence-electron chi connectivity index (χ4n) is 2.65. The van der Waals surface area contributed by atoms with Gasteiger partial charge in [-0.2, -0.15) is 0 Å². The van der Waals surface area contributed by atoms with Crippen molar-refractivity contribution < 1.29 is 17.6 Å². The number of benzene rings is 1. The maximum absolute atomic E-state index is 12.9. The van der Waals surface area contributed by atoms with Gasteiger partial charge in [-0.3, -0.25) is 4.79 Å². The Labute approximate surface area is 155 Å². The third-order valence-electron chi connectivity index (χ3n) is 3.82. The van der Waals surface area contributed by atoms with E-state index in [2.05, 4.69) is 5.32 Å². The molecule has 0 saturated carbocycles. The van der Waals surface area contributed by atoms with Crippen molar-refractivity contribution in [2.24, 2.45) is 17.6 Å². The first-order valence-corrected chi connectivity index (χ1v) is 9.65. The third-order valence-corrected chi connectivity index (χ3v) is 5.75. The number of amides is 1. The lowest BCUT2D eigenvalue weighted by Crippen LogP contribution is -2.54. The Balaban J connectivity index is 0.00000576. The summed E-state index contributed by atoms with van der Waals surface area (Å²) in [5.74, 6) is -1.59. The van der Waals surface area contributed by atoms with Crippen LogP contribution in [0.15, 0.2) is 29.2 Å². The van der Waals surface area contributed by atoms with E-state index in [-0.39, 0.29) is 35.5 Å². The van der Waals surface area contributed by atoms with Gasteiger partial charge in [-0.05, 0) is 43.5 Å². The van der Waals surface area contributed by atoms with E-state index < -0.39 is 27.1 Å². The topological polar surface area (TPSA) is 89.3 Å². The summed E-state index contributed by atoms with van der Waals surface area (Å²) in [7, 11) is -3.67. The molecule has 1 aromatic rings. The SMILES string of the molecule is CC(C)CC(C)(CN)NC(=O)C(C)CS(=O)(=O)c1ccc(F)cc1.Cl. The lowest BCUT2D eigenvalue weighted by atomic mass is 9.90. The monoisotopic (exact) mass is 394 g/mol. The Morgan fingerprint density at radius 1 is 1.24 bits per heavy atom. The Morgan fingerprint density at radius 2 is 1.76 bits per heavy atom. The predicted molar refractivity (Wildman–Crippen MR) is 99.9 cm³/mol. The first-order valence-electron chi connectivity index (χ1n) is 7.99. The molecule has 144 valence electrons. The van der Waals surface area contributed by atoms with E-state index in [9.17, 15) is 17.6 Å². The van der Waals surface area contributed by atoms with Crippen molar-refractivity contribution in [1.29, 1.82) is 0 Å². The van der Waals surface area contributed by atoms with Crippen LogP contribution in [-0.4, -0.2) is 32.2 Å². The molecule has 0 aromatic heterocycles. The normalized spacial score (nSPS) is 15.2. The highest BCUT2D eigenvalue weighted by Crippen LogP contribution is 2.18. The number of hydrogen-bond donors (Lipinski definition) is 2. The highest BCUT2D eigenvalue weighted by molar-refractivity contribution is 7.91. The first-order chi connectivity index (χ1) is 11.0. The van der Waals surface area contributed by atoms with Crippen LogP contribution >= 0.6 is 12.4 Å². The molecule has 0 aliphatic heterocycles. The number of rotatable bonds is 8. The van der Waals surface area contributed by atoms with E-state index in [1.165, 1.54) is 12.1 Å². The van der Waals surface area contributed by atoms with Crippen LogP contribution in [0.3, 0.4) is 0 Å². The van der Waals surface area contributed by atoms with E-state index in [0.717, 1.165) is 12.1 Å². The Hall–Kier alpha value is -1.18. The Kier molecular flexibility index (Phi) is 9.05. The van der Waals surface area contributed by atoms with Crippen molar-refractivity contribution in [3.8, 4) is 0 Å². The minimum absolute atomic E-state index is 0. The number of carbonyl (C=O) groups excluding carboxylic acids is 1. The second-order valence-corrected chi connectivity index (χ2v) is 9.02. The van der Waals surface area contributed by atoms with E-state index in [1.807, 2.05) is 20.8 Å². The number of carbonyl (C=O) groups is 1. The molecule has 0 aliphatic carbocycles. The number of sulfone groups is 1. The second kappa shape index (κ2) is 9.50. The number of nitrogens with two attached hydrogens (primary N) is 1. The molecule has 2 atom stereocenters. The smallest absolute Gasteiger partial charge is 0.224 e. The van der Waals surface area contributed by atoms with Gasteiger partial charge < -0.3 is 11.1 Å². The number of hydrogen-bond acceptors (Lipinski definition) is 4. The van der Waals surface area contributed by atoms with Gasteiger partial charge in [-0.15, -0.1) is 12.4 Å². The van der Waals surface area contributed by atoms with Gasteiger partial charge in [0.05, 0.1) is 10.6 Å². The largest absolute Gasteiger partial charge is 0.349 e. The van der Waals surface area contributed by atoms with Gasteiger partial charge in [-0.25, -0.2) is 12.8 Å². The molecule has 0 bridgehead atoms. The quantitative estimate of drug-likeness (QED) is 0.663. The molecule has 3 N–H and O–H groups in total. The van der Waals surface area contributed by atoms with Gasteiger partial charge >= 0.3 is 0 Å². The standard InChI is InChI=1S/C17H27FN2O3S.ClH/c1-12(2)9-17(4,11-19)20-16(21)13(3)10-24(22,23)15-7-5-14(18)6-8-15;/h5-8,12-13H,9-11,19H2,1-4H3,(H,20,21);1H. The molecule has 0 saturated heterocycles. The average molecular weight is 395 g/mol. The van der Waals surface area contributed by atoms with Crippen LogP contribution in [0.2, 0.25) is 0 Å². The summed E-state index contributed by atoms with van der Waals surface area (Å²) in [6.07, 6.45) is 0.701. The van der Waals surface area contributed by atoms with Gasteiger partial charge in [0.1, 0.15) is 5.82 Å². The van der Waals surface area contributed by atoms with Gasteiger partial charge in [0.2, 0.25) is 5.91 Å². The summed E-state index contributed by atoms with van der Waals surface area (Å²) >= 11 is 0. The van der Waals surface area contributed by atoms with Gasteiger partial charge in [0.15, 0.2) is 9.84 Å². The molecular formula is C17H28ClFN2O3S. The van der Waals surface area contributed by atoms with Crippen molar-refractivity contribution in [3.05, 3.63) is 30.1 Å². The zero-order valence-electron chi connectivity index (χ0n) is 15.1. The fourth-order valence-corrected chi connectivity index (χ4v) is 4.20. The van der Waals surface area contributed by atoms with Crippen molar-refractivity contribution in [2.45, 2.75) is 44.6 Å². The maximum Gasteiger partial charge on any atom is 0.224 e. The highest BCUT2D eigenvalue weighted by Gasteiger charge is 2.30. The molecule has 0 radical (unpaired) electrons. The summed E-state index contributed by atoms with van der Waals surface area (Å²) in [5.41, 5.74) is 5.20. The van der Waals surface area contributed by atoms with Crippen LogP contribution in [0, 0.1) is 17.7 Å². The summed E-state index contributed by atoms with van der Waals surface area (Å²) in [4.78, 5) is 12.4. The first kappa shape index (κ1) is 23.8. The number of halogens is 2.